The van der Waals surface area contributed by atoms with Gasteiger partial charge in [-0.3, -0.25) is 0 Å². The molecule has 2 rings (SSSR count). The molecule has 4 atom stereocenters. The summed E-state index contributed by atoms with van der Waals surface area (Å²) in [6, 6.07) is 0. The predicted octanol–water partition coefficient (Wildman–Crippen LogP) is 2.07. The summed E-state index contributed by atoms with van der Waals surface area (Å²) in [5, 5.41) is 11.1. The van der Waals surface area contributed by atoms with E-state index in [1.165, 1.54) is 6.42 Å². The number of hydrogen-bond acceptors (Lipinski definition) is 3. The molecule has 2 aliphatic carbocycles. The van der Waals surface area contributed by atoms with E-state index in [1.54, 1.807) is 7.11 Å². The summed E-state index contributed by atoms with van der Waals surface area (Å²) in [6.45, 7) is 2.89. The summed E-state index contributed by atoms with van der Waals surface area (Å²) < 4.78 is 5.46. The monoisotopic (exact) mass is 241 g/mol. The van der Waals surface area contributed by atoms with Gasteiger partial charge in [0.15, 0.2) is 0 Å². The Morgan fingerprint density at radius 1 is 1.29 bits per heavy atom. The molecule has 0 amide bonds. The highest BCUT2D eigenvalue weighted by molar-refractivity contribution is 5.06. The quantitative estimate of drug-likeness (QED) is 0.795. The van der Waals surface area contributed by atoms with Crippen molar-refractivity contribution in [3.63, 3.8) is 0 Å². The summed E-state index contributed by atoms with van der Waals surface area (Å²) in [4.78, 5) is 0. The van der Waals surface area contributed by atoms with Gasteiger partial charge < -0.3 is 15.6 Å². The van der Waals surface area contributed by atoms with Crippen LogP contribution in [0.15, 0.2) is 0 Å². The van der Waals surface area contributed by atoms with Crippen LogP contribution in [0.1, 0.15) is 51.9 Å². The lowest BCUT2D eigenvalue weighted by Crippen LogP contribution is -2.54. The third kappa shape index (κ3) is 2.25. The molecule has 4 unspecified atom stereocenters. The number of hydrogen-bond donors (Lipinski definition) is 2. The van der Waals surface area contributed by atoms with E-state index in [2.05, 4.69) is 6.92 Å². The predicted molar refractivity (Wildman–Crippen MR) is 68.7 cm³/mol. The maximum Gasteiger partial charge on any atom is 0.0740 e. The van der Waals surface area contributed by atoms with Gasteiger partial charge in [-0.2, -0.15) is 0 Å². The van der Waals surface area contributed by atoms with Crippen LogP contribution < -0.4 is 5.73 Å². The van der Waals surface area contributed by atoms with Crippen LogP contribution in [0, 0.1) is 11.3 Å². The van der Waals surface area contributed by atoms with Gasteiger partial charge >= 0.3 is 0 Å². The number of methoxy groups -OCH3 is 1. The molecule has 2 aliphatic rings. The number of nitrogens with two attached hydrogens (primary N) is 1. The highest BCUT2D eigenvalue weighted by Gasteiger charge is 2.53. The van der Waals surface area contributed by atoms with E-state index in [9.17, 15) is 5.11 Å². The minimum atomic E-state index is -0.592. The maximum absolute atomic E-state index is 11.1. The van der Waals surface area contributed by atoms with E-state index in [0.717, 1.165) is 38.5 Å². The summed E-state index contributed by atoms with van der Waals surface area (Å²) in [5.41, 5.74) is 5.39. The fourth-order valence-corrected chi connectivity index (χ4v) is 4.08. The summed E-state index contributed by atoms with van der Waals surface area (Å²) in [6.07, 6.45) is 7.39. The molecule has 2 fully saturated rings. The second-order valence-corrected chi connectivity index (χ2v) is 6.32. The van der Waals surface area contributed by atoms with Gasteiger partial charge in [-0.15, -0.1) is 0 Å². The fraction of sp³-hybridized carbons (Fsp3) is 1.00. The average Bonchev–Trinajstić information content (AvgIpc) is 2.73. The van der Waals surface area contributed by atoms with Crippen LogP contribution >= 0.6 is 0 Å². The smallest absolute Gasteiger partial charge is 0.0740 e. The molecule has 0 radical (unpaired) electrons. The standard InChI is InChI=1S/C14H27NO2/c1-11-5-7-13(8-11,10-15)14(16)6-3-4-12(9-14)17-2/h11-12,16H,3-10,15H2,1-2H3. The third-order valence-electron chi connectivity index (χ3n) is 5.25. The molecule has 0 aliphatic heterocycles. The van der Waals surface area contributed by atoms with Crippen LogP contribution in [0.5, 0.6) is 0 Å². The third-order valence-corrected chi connectivity index (χ3v) is 5.25. The van der Waals surface area contributed by atoms with Crippen molar-refractivity contribution >= 4 is 0 Å². The Bertz CT molecular complexity index is 271. The van der Waals surface area contributed by atoms with Crippen LogP contribution in [0.2, 0.25) is 0 Å². The van der Waals surface area contributed by atoms with Gasteiger partial charge in [0.05, 0.1) is 11.7 Å². The van der Waals surface area contributed by atoms with Crippen molar-refractivity contribution in [1.82, 2.24) is 0 Å². The van der Waals surface area contributed by atoms with E-state index >= 15 is 0 Å². The van der Waals surface area contributed by atoms with Crippen LogP contribution in [0.3, 0.4) is 0 Å². The minimum absolute atomic E-state index is 0.0520. The largest absolute Gasteiger partial charge is 0.389 e. The van der Waals surface area contributed by atoms with E-state index < -0.39 is 5.60 Å². The highest BCUT2D eigenvalue weighted by atomic mass is 16.5. The zero-order valence-corrected chi connectivity index (χ0v) is 11.2. The number of rotatable bonds is 3. The van der Waals surface area contributed by atoms with Crippen molar-refractivity contribution in [2.75, 3.05) is 13.7 Å². The Kier molecular flexibility index (Phi) is 3.81. The molecule has 0 saturated heterocycles. The van der Waals surface area contributed by atoms with Gasteiger partial charge in [0.1, 0.15) is 0 Å². The Hall–Kier alpha value is -0.120. The second kappa shape index (κ2) is 4.87. The van der Waals surface area contributed by atoms with Gasteiger partial charge in [-0.1, -0.05) is 13.3 Å². The zero-order valence-electron chi connectivity index (χ0n) is 11.2. The first-order chi connectivity index (χ1) is 8.05. The molecule has 0 bridgehead atoms. The molecule has 0 aromatic heterocycles. The van der Waals surface area contributed by atoms with E-state index in [4.69, 9.17) is 10.5 Å². The van der Waals surface area contributed by atoms with Gasteiger partial charge in [0.2, 0.25) is 0 Å². The van der Waals surface area contributed by atoms with Crippen molar-refractivity contribution < 1.29 is 9.84 Å². The number of ether oxygens (including phenoxy) is 1. The molecule has 3 nitrogen and oxygen atoms in total. The molecular weight excluding hydrogens is 214 g/mol. The lowest BCUT2D eigenvalue weighted by molar-refractivity contribution is -0.136. The van der Waals surface area contributed by atoms with Gasteiger partial charge in [0, 0.05) is 25.5 Å². The lowest BCUT2D eigenvalue weighted by Gasteiger charge is -2.49. The first-order valence-corrected chi connectivity index (χ1v) is 7.00. The van der Waals surface area contributed by atoms with Crippen molar-refractivity contribution in [3.05, 3.63) is 0 Å². The molecule has 0 spiro atoms. The number of aliphatic hydroxyl groups is 1. The van der Waals surface area contributed by atoms with Crippen molar-refractivity contribution in [1.29, 1.82) is 0 Å². The SMILES string of the molecule is COC1CCCC(O)(C2(CN)CCC(C)C2)C1. The first-order valence-electron chi connectivity index (χ1n) is 7.00. The molecule has 100 valence electrons. The van der Waals surface area contributed by atoms with E-state index in [0.29, 0.717) is 12.5 Å². The Labute approximate surface area is 105 Å². The zero-order chi connectivity index (χ0) is 12.5. The molecule has 0 aromatic rings. The summed E-state index contributed by atoms with van der Waals surface area (Å²) in [5.74, 6) is 0.700. The van der Waals surface area contributed by atoms with Crippen LogP contribution in [-0.2, 0) is 4.74 Å². The Morgan fingerprint density at radius 2 is 2.06 bits per heavy atom. The van der Waals surface area contributed by atoms with Crippen LogP contribution in [0.4, 0.5) is 0 Å². The molecule has 3 heteroatoms. The molecule has 3 N–H and O–H groups in total. The van der Waals surface area contributed by atoms with Crippen molar-refractivity contribution in [2.45, 2.75) is 63.6 Å². The van der Waals surface area contributed by atoms with Gasteiger partial charge in [0.25, 0.3) is 0 Å². The summed E-state index contributed by atoms with van der Waals surface area (Å²) >= 11 is 0. The fourth-order valence-electron chi connectivity index (χ4n) is 4.08. The minimum Gasteiger partial charge on any atom is -0.389 e. The Balaban J connectivity index is 2.17. The van der Waals surface area contributed by atoms with Crippen LogP contribution in [0.25, 0.3) is 0 Å². The second-order valence-electron chi connectivity index (χ2n) is 6.32. The highest BCUT2D eigenvalue weighted by Crippen LogP contribution is 2.53. The van der Waals surface area contributed by atoms with Crippen LogP contribution in [-0.4, -0.2) is 30.5 Å². The molecule has 17 heavy (non-hydrogen) atoms. The summed E-state index contributed by atoms with van der Waals surface area (Å²) in [7, 11) is 1.75. The molecular formula is C14H27NO2. The Morgan fingerprint density at radius 3 is 2.59 bits per heavy atom. The van der Waals surface area contributed by atoms with Gasteiger partial charge in [-0.25, -0.2) is 0 Å². The molecule has 0 heterocycles. The lowest BCUT2D eigenvalue weighted by atomic mass is 9.63. The maximum atomic E-state index is 11.1. The molecule has 2 saturated carbocycles. The molecule has 0 aromatic carbocycles. The van der Waals surface area contributed by atoms with E-state index in [1.807, 2.05) is 0 Å². The average molecular weight is 241 g/mol. The van der Waals surface area contributed by atoms with Crippen molar-refractivity contribution in [3.8, 4) is 0 Å². The van der Waals surface area contributed by atoms with Crippen molar-refractivity contribution in [2.24, 2.45) is 17.1 Å². The topological polar surface area (TPSA) is 55.5 Å². The normalized spacial score (nSPS) is 47.3. The first kappa shape index (κ1) is 13.3. The van der Waals surface area contributed by atoms with Gasteiger partial charge in [-0.05, 0) is 38.0 Å². The van der Waals surface area contributed by atoms with E-state index in [-0.39, 0.29) is 11.5 Å².